The van der Waals surface area contributed by atoms with Crippen LogP contribution in [0.5, 0.6) is 0 Å². The van der Waals surface area contributed by atoms with Crippen LogP contribution in [0.15, 0.2) is 130 Å². The number of allylic oxidation sites excluding steroid dienone is 14. The number of aliphatic imine (C=N–C) groups is 3. The molecule has 0 N–H and O–H groups in total. The van der Waals surface area contributed by atoms with Crippen molar-refractivity contribution >= 4 is 39.3 Å². The molecule has 0 saturated heterocycles. The summed E-state index contributed by atoms with van der Waals surface area (Å²) >= 11 is 0. The van der Waals surface area contributed by atoms with Crippen LogP contribution in [0.4, 0.5) is 5.69 Å². The van der Waals surface area contributed by atoms with Crippen molar-refractivity contribution in [2.24, 2.45) is 15.0 Å². The van der Waals surface area contributed by atoms with Crippen LogP contribution in [0.25, 0.3) is 16.5 Å². The molecule has 0 atom stereocenters. The second-order valence-corrected chi connectivity index (χ2v) is 11.1. The van der Waals surface area contributed by atoms with Gasteiger partial charge < -0.3 is 0 Å². The Labute approximate surface area is 264 Å². The lowest BCUT2D eigenvalue weighted by Gasteiger charge is -2.15. The first-order valence-corrected chi connectivity index (χ1v) is 15.9. The minimum atomic E-state index is 0.533. The molecule has 0 aliphatic carbocycles. The zero-order valence-electron chi connectivity index (χ0n) is 26.9. The lowest BCUT2D eigenvalue weighted by atomic mass is 9.99. The first kappa shape index (κ1) is 32.5. The van der Waals surface area contributed by atoms with Crippen LogP contribution in [0.1, 0.15) is 77.5 Å². The molecule has 1 aromatic heterocycles. The summed E-state index contributed by atoms with van der Waals surface area (Å²) in [4.78, 5) is 20.0. The Morgan fingerprint density at radius 1 is 0.909 bits per heavy atom. The fraction of sp³-hybridized carbons (Fsp3) is 0.300. The molecule has 0 amide bonds. The number of aryl methyl sites for hydroxylation is 1. The third-order valence-corrected chi connectivity index (χ3v) is 7.69. The van der Waals surface area contributed by atoms with Gasteiger partial charge in [-0.1, -0.05) is 85.5 Å². The van der Waals surface area contributed by atoms with Gasteiger partial charge in [-0.2, -0.15) is 0 Å². The van der Waals surface area contributed by atoms with E-state index < -0.39 is 0 Å². The van der Waals surface area contributed by atoms with Crippen molar-refractivity contribution in [1.29, 1.82) is 0 Å². The molecule has 0 fully saturated rings. The minimum absolute atomic E-state index is 0.533. The van der Waals surface area contributed by atoms with Crippen molar-refractivity contribution in [3.8, 4) is 0 Å². The number of aromatic nitrogens is 1. The van der Waals surface area contributed by atoms with Gasteiger partial charge in [0.1, 0.15) is 0 Å². The normalized spacial score (nSPS) is 16.5. The molecule has 226 valence electrons. The molecule has 0 spiro atoms. The summed E-state index contributed by atoms with van der Waals surface area (Å²) in [6.07, 6.45) is 32.1. The van der Waals surface area contributed by atoms with Gasteiger partial charge in [-0.05, 0) is 102 Å². The van der Waals surface area contributed by atoms with E-state index in [0.717, 1.165) is 101 Å². The number of hydrogen-bond acceptors (Lipinski definition) is 4. The Kier molecular flexibility index (Phi) is 12.6. The number of fused-ring (bicyclic) bond motifs is 3. The molecular formula is C40H46N4. The molecule has 0 bridgehead atoms. The lowest BCUT2D eigenvalue weighted by molar-refractivity contribution is 0.949. The Balaban J connectivity index is 1.63. The third-order valence-electron chi connectivity index (χ3n) is 7.69. The van der Waals surface area contributed by atoms with Crippen molar-refractivity contribution in [2.75, 3.05) is 6.54 Å². The van der Waals surface area contributed by atoms with Crippen LogP contribution in [0.2, 0.25) is 0 Å². The Bertz CT molecular complexity index is 1650. The topological polar surface area (TPSA) is 50.0 Å². The largest absolute Gasteiger partial charge is 0.279 e. The molecule has 4 rings (SSSR count). The number of rotatable bonds is 13. The standard InChI is InChI=1S/C40H46N4/c1-6-9-12-14-18-35(41-29-36-19-15-20-37(43-36)30(4)16-13-10-7-2)27-25-32(17-11-8-3)38-28-26-34-24-23-33-22-21-31(5)42-39(33)40(34)44-38/h6-11,14,17-19,23-28H,4,12-13,15-16,20-22,29H2,1-3,5H3/b9-6-,10-7-,11-8-,18-14-,27-25-,32-17+,41-35?. The third kappa shape index (κ3) is 9.28. The van der Waals surface area contributed by atoms with E-state index in [1.54, 1.807) is 0 Å². The molecule has 0 unspecified atom stereocenters. The van der Waals surface area contributed by atoms with Gasteiger partial charge in [0.15, 0.2) is 0 Å². The molecular weight excluding hydrogens is 536 g/mol. The fourth-order valence-corrected chi connectivity index (χ4v) is 5.18. The van der Waals surface area contributed by atoms with Crippen molar-refractivity contribution in [1.82, 2.24) is 4.98 Å². The monoisotopic (exact) mass is 582 g/mol. The number of benzene rings is 1. The summed E-state index contributed by atoms with van der Waals surface area (Å²) in [5, 5.41) is 1.11. The average molecular weight is 583 g/mol. The second kappa shape index (κ2) is 17.0. The van der Waals surface area contributed by atoms with E-state index in [1.165, 1.54) is 5.56 Å². The van der Waals surface area contributed by atoms with E-state index in [2.05, 4.69) is 112 Å². The summed E-state index contributed by atoms with van der Waals surface area (Å²) in [7, 11) is 0. The van der Waals surface area contributed by atoms with Crippen LogP contribution < -0.4 is 0 Å². The van der Waals surface area contributed by atoms with Gasteiger partial charge in [0.2, 0.25) is 0 Å². The molecule has 2 aromatic rings. The first-order valence-electron chi connectivity index (χ1n) is 15.9. The van der Waals surface area contributed by atoms with E-state index in [0.29, 0.717) is 6.54 Å². The number of nitrogens with zero attached hydrogens (tertiary/aromatic N) is 4. The highest BCUT2D eigenvalue weighted by atomic mass is 14.9. The Morgan fingerprint density at radius 2 is 1.75 bits per heavy atom. The van der Waals surface area contributed by atoms with E-state index in [1.807, 2.05) is 19.9 Å². The zero-order valence-corrected chi connectivity index (χ0v) is 26.9. The van der Waals surface area contributed by atoms with Crippen molar-refractivity contribution in [2.45, 2.75) is 72.6 Å². The maximum absolute atomic E-state index is 5.14. The molecule has 0 saturated carbocycles. The van der Waals surface area contributed by atoms with Gasteiger partial charge in [-0.3, -0.25) is 15.0 Å². The summed E-state index contributed by atoms with van der Waals surface area (Å²) in [5.74, 6) is 0. The molecule has 2 aliphatic rings. The fourth-order valence-electron chi connectivity index (χ4n) is 5.18. The molecule has 2 aliphatic heterocycles. The first-order chi connectivity index (χ1) is 21.5. The van der Waals surface area contributed by atoms with Crippen LogP contribution in [-0.2, 0) is 6.42 Å². The predicted molar refractivity (Wildman–Crippen MR) is 194 cm³/mol. The van der Waals surface area contributed by atoms with Crippen LogP contribution in [0, 0.1) is 0 Å². The minimum Gasteiger partial charge on any atom is -0.279 e. The molecule has 4 heteroatoms. The lowest BCUT2D eigenvalue weighted by Crippen LogP contribution is -2.08. The maximum Gasteiger partial charge on any atom is 0.0968 e. The van der Waals surface area contributed by atoms with Crippen LogP contribution in [-0.4, -0.2) is 28.7 Å². The molecule has 0 radical (unpaired) electrons. The highest BCUT2D eigenvalue weighted by molar-refractivity contribution is 6.06. The number of hydrogen-bond donors (Lipinski definition) is 0. The van der Waals surface area contributed by atoms with E-state index >= 15 is 0 Å². The average Bonchev–Trinajstić information content (AvgIpc) is 3.05. The quantitative estimate of drug-likeness (QED) is 0.132. The van der Waals surface area contributed by atoms with E-state index in [9.17, 15) is 0 Å². The zero-order chi connectivity index (χ0) is 31.1. The smallest absolute Gasteiger partial charge is 0.0968 e. The van der Waals surface area contributed by atoms with Crippen molar-refractivity contribution < 1.29 is 0 Å². The highest BCUT2D eigenvalue weighted by Gasteiger charge is 2.15. The second-order valence-electron chi connectivity index (χ2n) is 11.1. The summed E-state index contributed by atoms with van der Waals surface area (Å²) in [6.45, 7) is 13.1. The maximum atomic E-state index is 5.14. The van der Waals surface area contributed by atoms with Crippen molar-refractivity contribution in [3.05, 3.63) is 126 Å². The molecule has 4 nitrogen and oxygen atoms in total. The van der Waals surface area contributed by atoms with Gasteiger partial charge in [-0.15, -0.1) is 0 Å². The van der Waals surface area contributed by atoms with E-state index in [4.69, 9.17) is 20.0 Å². The van der Waals surface area contributed by atoms with Gasteiger partial charge in [0.25, 0.3) is 0 Å². The van der Waals surface area contributed by atoms with Gasteiger partial charge in [0.05, 0.1) is 34.9 Å². The van der Waals surface area contributed by atoms with Gasteiger partial charge in [-0.25, -0.2) is 4.98 Å². The van der Waals surface area contributed by atoms with Gasteiger partial charge in [0, 0.05) is 22.4 Å². The Morgan fingerprint density at radius 3 is 2.57 bits per heavy atom. The number of pyridine rings is 1. The molecule has 44 heavy (non-hydrogen) atoms. The molecule has 1 aromatic carbocycles. The van der Waals surface area contributed by atoms with Crippen LogP contribution in [0.3, 0.4) is 0 Å². The SMILES string of the molecule is C=C(CC/C=C\C)C1=NC(CN=C(/C=C\C/C=C\C)\C=C/C(=C\C=C/C)c2ccc3ccc4c(c3n2)N=C(C)CC4)=CCC1. The Hall–Kier alpha value is -4.44. The summed E-state index contributed by atoms with van der Waals surface area (Å²) in [6, 6.07) is 8.61. The molecule has 3 heterocycles. The predicted octanol–water partition coefficient (Wildman–Crippen LogP) is 10.8. The van der Waals surface area contributed by atoms with E-state index in [-0.39, 0.29) is 0 Å². The highest BCUT2D eigenvalue weighted by Crippen LogP contribution is 2.34. The summed E-state index contributed by atoms with van der Waals surface area (Å²) in [5.41, 5.74) is 10.5. The van der Waals surface area contributed by atoms with Crippen molar-refractivity contribution in [3.63, 3.8) is 0 Å². The summed E-state index contributed by atoms with van der Waals surface area (Å²) < 4.78 is 0. The van der Waals surface area contributed by atoms with Crippen LogP contribution >= 0.6 is 0 Å². The van der Waals surface area contributed by atoms with Gasteiger partial charge >= 0.3 is 0 Å².